The van der Waals surface area contributed by atoms with E-state index in [1.54, 1.807) is 30.3 Å². The van der Waals surface area contributed by atoms with E-state index in [4.69, 9.17) is 11.6 Å². The van der Waals surface area contributed by atoms with Crippen molar-refractivity contribution in [1.82, 2.24) is 14.7 Å². The molecule has 0 aliphatic heterocycles. The van der Waals surface area contributed by atoms with Crippen LogP contribution in [0.2, 0.25) is 5.02 Å². The number of nitro groups is 1. The summed E-state index contributed by atoms with van der Waals surface area (Å²) in [6, 6.07) is 11.9. The lowest BCUT2D eigenvalue weighted by Crippen LogP contribution is -2.22. The van der Waals surface area contributed by atoms with Crippen LogP contribution >= 0.6 is 11.6 Å². The number of benzene rings is 2. The van der Waals surface area contributed by atoms with E-state index in [1.807, 2.05) is 19.9 Å². The Bertz CT molecular complexity index is 1020. The molecule has 0 unspecified atom stereocenters. The number of aryl methyl sites for hydroxylation is 2. The maximum Gasteiger partial charge on any atom is 0.438 e. The molecular formula is C16H14ClN5O3. The Morgan fingerprint density at radius 2 is 1.88 bits per heavy atom. The monoisotopic (exact) mass is 359 g/mol. The first-order chi connectivity index (χ1) is 11.8. The van der Waals surface area contributed by atoms with Crippen LogP contribution in [-0.4, -0.2) is 24.9 Å². The predicted octanol–water partition coefficient (Wildman–Crippen LogP) is 3.32. The number of rotatable bonds is 3. The van der Waals surface area contributed by atoms with E-state index >= 15 is 0 Å². The van der Waals surface area contributed by atoms with Gasteiger partial charge in [0.05, 0.1) is 10.8 Å². The van der Waals surface area contributed by atoms with Gasteiger partial charge in [-0.25, -0.2) is 4.99 Å². The second-order valence-corrected chi connectivity index (χ2v) is 5.96. The number of nitrogens with zero attached hydrogens (tertiary/aromatic N) is 5. The highest BCUT2D eigenvalue weighted by molar-refractivity contribution is 6.30. The van der Waals surface area contributed by atoms with Gasteiger partial charge in [-0.05, 0) is 65.0 Å². The van der Waals surface area contributed by atoms with Crippen LogP contribution in [0, 0.1) is 24.0 Å². The fourth-order valence-electron chi connectivity index (χ4n) is 2.47. The third-order valence-electron chi connectivity index (χ3n) is 3.41. The molecule has 0 saturated carbocycles. The van der Waals surface area contributed by atoms with Crippen LogP contribution in [0.25, 0.3) is 5.69 Å². The molecule has 1 heterocycles. The Hall–Kier alpha value is -3.13. The standard InChI is InChI=1S/C16H14ClN5O3/c1-10-6-11(2)8-13(7-10)18-15-16(22(24)25)19-20(21(15)23)14-5-3-4-12(17)9-14/h3-9,23H,1-2H3. The van der Waals surface area contributed by atoms with Gasteiger partial charge in [-0.2, -0.15) is 0 Å². The first-order valence-electron chi connectivity index (χ1n) is 7.30. The lowest BCUT2D eigenvalue weighted by Gasteiger charge is -2.01. The molecule has 0 amide bonds. The van der Waals surface area contributed by atoms with Gasteiger partial charge in [0.25, 0.3) is 5.49 Å². The maximum absolute atomic E-state index is 11.3. The Morgan fingerprint density at radius 3 is 2.48 bits per heavy atom. The van der Waals surface area contributed by atoms with Gasteiger partial charge in [-0.1, -0.05) is 28.6 Å². The summed E-state index contributed by atoms with van der Waals surface area (Å²) in [5, 5.41) is 26.0. The smallest absolute Gasteiger partial charge is 0.409 e. The van der Waals surface area contributed by atoms with E-state index in [0.29, 0.717) is 21.2 Å². The van der Waals surface area contributed by atoms with Crippen molar-refractivity contribution in [3.63, 3.8) is 0 Å². The predicted molar refractivity (Wildman–Crippen MR) is 91.5 cm³/mol. The van der Waals surface area contributed by atoms with Gasteiger partial charge >= 0.3 is 5.82 Å². The van der Waals surface area contributed by atoms with E-state index in [0.717, 1.165) is 15.9 Å². The fourth-order valence-corrected chi connectivity index (χ4v) is 2.66. The molecule has 25 heavy (non-hydrogen) atoms. The molecule has 3 rings (SSSR count). The normalized spacial score (nSPS) is 11.7. The van der Waals surface area contributed by atoms with Crippen LogP contribution in [0.4, 0.5) is 11.5 Å². The van der Waals surface area contributed by atoms with Gasteiger partial charge in [-0.15, -0.1) is 0 Å². The van der Waals surface area contributed by atoms with Crippen LogP contribution in [0.3, 0.4) is 0 Å². The molecule has 2 aromatic carbocycles. The zero-order valence-electron chi connectivity index (χ0n) is 13.4. The first kappa shape index (κ1) is 16.7. The highest BCUT2D eigenvalue weighted by atomic mass is 35.5. The maximum atomic E-state index is 11.3. The average molecular weight is 360 g/mol. The summed E-state index contributed by atoms with van der Waals surface area (Å²) in [6.45, 7) is 3.78. The molecular weight excluding hydrogens is 346 g/mol. The van der Waals surface area contributed by atoms with E-state index in [2.05, 4.69) is 10.1 Å². The van der Waals surface area contributed by atoms with Gasteiger partial charge in [0.1, 0.15) is 5.69 Å². The molecule has 1 aromatic heterocycles. The molecule has 3 aromatic rings. The lowest BCUT2D eigenvalue weighted by molar-refractivity contribution is -0.391. The van der Waals surface area contributed by atoms with Crippen molar-refractivity contribution in [3.05, 3.63) is 74.2 Å². The van der Waals surface area contributed by atoms with E-state index < -0.39 is 10.7 Å². The first-order valence-corrected chi connectivity index (χ1v) is 7.68. The van der Waals surface area contributed by atoms with Crippen molar-refractivity contribution in [3.8, 4) is 5.69 Å². The highest BCUT2D eigenvalue weighted by Gasteiger charge is 2.24. The van der Waals surface area contributed by atoms with Crippen LogP contribution in [0.15, 0.2) is 47.5 Å². The van der Waals surface area contributed by atoms with Crippen molar-refractivity contribution < 1.29 is 10.1 Å². The van der Waals surface area contributed by atoms with Crippen molar-refractivity contribution >= 4 is 23.1 Å². The van der Waals surface area contributed by atoms with Crippen molar-refractivity contribution in [2.75, 3.05) is 0 Å². The van der Waals surface area contributed by atoms with Crippen molar-refractivity contribution in [1.29, 1.82) is 0 Å². The van der Waals surface area contributed by atoms with E-state index in [1.165, 1.54) is 6.07 Å². The molecule has 9 heteroatoms. The van der Waals surface area contributed by atoms with Gasteiger partial charge in [-0.3, -0.25) is 0 Å². The number of halogens is 1. The van der Waals surface area contributed by atoms with Gasteiger partial charge in [0.15, 0.2) is 0 Å². The SMILES string of the molecule is Cc1cc(C)cc(N=c2c([N+](=O)[O-])nn(-c3cccc(Cl)c3)n2O)c1. The Kier molecular flexibility index (Phi) is 4.28. The molecule has 0 aliphatic carbocycles. The van der Waals surface area contributed by atoms with Crippen LogP contribution in [0.1, 0.15) is 11.1 Å². The van der Waals surface area contributed by atoms with Gasteiger partial charge in [0, 0.05) is 5.02 Å². The third kappa shape index (κ3) is 3.38. The summed E-state index contributed by atoms with van der Waals surface area (Å²) in [6.07, 6.45) is 0. The summed E-state index contributed by atoms with van der Waals surface area (Å²) in [7, 11) is 0. The molecule has 0 bridgehead atoms. The minimum absolute atomic E-state index is 0.282. The minimum Gasteiger partial charge on any atom is -0.409 e. The Balaban J connectivity index is 2.26. The van der Waals surface area contributed by atoms with Gasteiger partial charge < -0.3 is 15.3 Å². The molecule has 0 fully saturated rings. The molecule has 0 aliphatic rings. The van der Waals surface area contributed by atoms with Crippen LogP contribution < -0.4 is 5.49 Å². The number of hydrogen-bond acceptors (Lipinski definition) is 5. The van der Waals surface area contributed by atoms with Crippen molar-refractivity contribution in [2.24, 2.45) is 4.99 Å². The lowest BCUT2D eigenvalue weighted by atomic mass is 10.1. The molecule has 0 saturated heterocycles. The molecule has 1 N–H and O–H groups in total. The zero-order valence-corrected chi connectivity index (χ0v) is 14.2. The highest BCUT2D eigenvalue weighted by Crippen LogP contribution is 2.18. The molecule has 128 valence electrons. The molecule has 0 radical (unpaired) electrons. The molecule has 8 nitrogen and oxygen atoms in total. The van der Waals surface area contributed by atoms with Crippen molar-refractivity contribution in [2.45, 2.75) is 13.8 Å². The van der Waals surface area contributed by atoms with E-state index in [9.17, 15) is 15.3 Å². The average Bonchev–Trinajstić information content (AvgIpc) is 2.84. The van der Waals surface area contributed by atoms with E-state index in [-0.39, 0.29) is 5.49 Å². The van der Waals surface area contributed by atoms with Crippen LogP contribution in [-0.2, 0) is 0 Å². The topological polar surface area (TPSA) is 98.5 Å². The quantitative estimate of drug-likeness (QED) is 0.440. The van der Waals surface area contributed by atoms with Crippen LogP contribution in [0.5, 0.6) is 0 Å². The minimum atomic E-state index is -0.699. The third-order valence-corrected chi connectivity index (χ3v) is 3.65. The molecule has 0 atom stereocenters. The second kappa shape index (κ2) is 6.40. The summed E-state index contributed by atoms with van der Waals surface area (Å²) in [5.41, 5.74) is 2.46. The summed E-state index contributed by atoms with van der Waals surface area (Å²) in [4.78, 5) is 16.3. The second-order valence-electron chi connectivity index (χ2n) is 5.52. The Morgan fingerprint density at radius 1 is 1.20 bits per heavy atom. The Labute approximate surface area is 147 Å². The summed E-state index contributed by atoms with van der Waals surface area (Å²) < 4.78 is 0. The number of hydrogen-bond donors (Lipinski definition) is 1. The van der Waals surface area contributed by atoms with Gasteiger partial charge in [0.2, 0.25) is 0 Å². The zero-order chi connectivity index (χ0) is 18.1. The molecule has 0 spiro atoms. The number of aromatic nitrogens is 3. The fraction of sp³-hybridized carbons (Fsp3) is 0.125. The summed E-state index contributed by atoms with van der Waals surface area (Å²) in [5.74, 6) is -0.568. The largest absolute Gasteiger partial charge is 0.438 e. The summed E-state index contributed by atoms with van der Waals surface area (Å²) >= 11 is 5.93.